The van der Waals surface area contributed by atoms with E-state index in [0.29, 0.717) is 18.7 Å². The fourth-order valence-electron chi connectivity index (χ4n) is 2.95. The number of nitrogens with one attached hydrogen (secondary N) is 1. The number of aliphatic hydroxyl groups is 1. The lowest BCUT2D eigenvalue weighted by atomic mass is 10.2. The summed E-state index contributed by atoms with van der Waals surface area (Å²) in [5.74, 6) is 0.740. The number of imidazole rings is 1. The molecular formula is C20H23N3O2. The van der Waals surface area contributed by atoms with E-state index in [9.17, 15) is 5.11 Å². The van der Waals surface area contributed by atoms with Gasteiger partial charge in [0.05, 0.1) is 17.6 Å². The molecule has 0 aliphatic carbocycles. The Bertz CT molecular complexity index is 940. The number of aryl methyl sites for hydroxylation is 1. The van der Waals surface area contributed by atoms with Gasteiger partial charge in [0.1, 0.15) is 18.5 Å². The molecule has 1 aromatic heterocycles. The number of hydrogen-bond acceptors (Lipinski definition) is 3. The number of ether oxygens (including phenoxy) is 1. The van der Waals surface area contributed by atoms with E-state index >= 15 is 0 Å². The highest BCUT2D eigenvalue weighted by Crippen LogP contribution is 2.15. The van der Waals surface area contributed by atoms with E-state index in [1.54, 1.807) is 6.08 Å². The molecule has 2 N–H and O–H groups in total. The molecule has 3 aromatic rings. The van der Waals surface area contributed by atoms with Crippen LogP contribution in [0.15, 0.2) is 61.2 Å². The standard InChI is InChI=1S/C20H23N3O2/c1-3-11-22-18-9-4-5-10-19(18)23(20(22)21)13-16(24)14-25-17-8-6-7-15(2)12-17/h3-10,12,16,21,24H,1,11,13-14H2,2H3/t16-/m0/s1. The number of aliphatic hydroxyl groups excluding tert-OH is 1. The third kappa shape index (κ3) is 3.67. The summed E-state index contributed by atoms with van der Waals surface area (Å²) < 4.78 is 9.36. The highest BCUT2D eigenvalue weighted by Gasteiger charge is 2.14. The molecule has 25 heavy (non-hydrogen) atoms. The normalized spacial score (nSPS) is 12.2. The van der Waals surface area contributed by atoms with E-state index in [-0.39, 0.29) is 6.61 Å². The van der Waals surface area contributed by atoms with Gasteiger partial charge in [0.2, 0.25) is 5.62 Å². The maximum absolute atomic E-state index is 10.4. The molecule has 0 bridgehead atoms. The van der Waals surface area contributed by atoms with Crippen LogP contribution in [-0.2, 0) is 13.1 Å². The Morgan fingerprint density at radius 2 is 1.88 bits per heavy atom. The van der Waals surface area contributed by atoms with Crippen LogP contribution in [0.1, 0.15) is 5.56 Å². The zero-order valence-electron chi connectivity index (χ0n) is 14.4. The molecule has 0 aliphatic rings. The first-order valence-corrected chi connectivity index (χ1v) is 8.31. The minimum absolute atomic E-state index is 0.177. The highest BCUT2D eigenvalue weighted by molar-refractivity contribution is 5.75. The fourth-order valence-corrected chi connectivity index (χ4v) is 2.95. The van der Waals surface area contributed by atoms with Crippen LogP contribution in [0.4, 0.5) is 0 Å². The molecule has 5 heteroatoms. The Morgan fingerprint density at radius 3 is 2.56 bits per heavy atom. The first kappa shape index (κ1) is 17.0. The van der Waals surface area contributed by atoms with Gasteiger partial charge in [-0.05, 0) is 36.8 Å². The number of allylic oxidation sites excluding steroid dienone is 1. The molecule has 1 heterocycles. The van der Waals surface area contributed by atoms with Crippen molar-refractivity contribution in [2.45, 2.75) is 26.1 Å². The van der Waals surface area contributed by atoms with Crippen LogP contribution in [0.25, 0.3) is 11.0 Å². The molecule has 0 saturated carbocycles. The highest BCUT2D eigenvalue weighted by atomic mass is 16.5. The van der Waals surface area contributed by atoms with Crippen molar-refractivity contribution in [1.82, 2.24) is 9.13 Å². The molecule has 0 saturated heterocycles. The molecular weight excluding hydrogens is 314 g/mol. The van der Waals surface area contributed by atoms with Gasteiger partial charge in [-0.2, -0.15) is 0 Å². The summed E-state index contributed by atoms with van der Waals surface area (Å²) in [5.41, 5.74) is 3.33. The van der Waals surface area contributed by atoms with Gasteiger partial charge in [0.15, 0.2) is 0 Å². The van der Waals surface area contributed by atoms with E-state index in [1.807, 2.05) is 64.6 Å². The molecule has 0 aliphatic heterocycles. The number of fused-ring (bicyclic) bond motifs is 1. The maximum atomic E-state index is 10.4. The summed E-state index contributed by atoms with van der Waals surface area (Å²) in [6.07, 6.45) is 1.06. The lowest BCUT2D eigenvalue weighted by Crippen LogP contribution is -2.31. The smallest absolute Gasteiger partial charge is 0.203 e. The van der Waals surface area contributed by atoms with Gasteiger partial charge in [-0.15, -0.1) is 6.58 Å². The molecule has 5 nitrogen and oxygen atoms in total. The van der Waals surface area contributed by atoms with Gasteiger partial charge in [0.25, 0.3) is 0 Å². The molecule has 0 spiro atoms. The van der Waals surface area contributed by atoms with Crippen LogP contribution in [0, 0.1) is 12.3 Å². The topological polar surface area (TPSA) is 63.2 Å². The Labute approximate surface area is 146 Å². The van der Waals surface area contributed by atoms with Crippen LogP contribution in [-0.4, -0.2) is 27.0 Å². The minimum Gasteiger partial charge on any atom is -0.491 e. The Balaban J connectivity index is 1.79. The predicted molar refractivity (Wildman–Crippen MR) is 98.7 cm³/mol. The monoisotopic (exact) mass is 337 g/mol. The van der Waals surface area contributed by atoms with Crippen LogP contribution in [0.2, 0.25) is 0 Å². The summed E-state index contributed by atoms with van der Waals surface area (Å²) in [4.78, 5) is 0. The second-order valence-electron chi connectivity index (χ2n) is 6.10. The SMILES string of the molecule is C=CCn1c(=N)n(C[C@H](O)COc2cccc(C)c2)c2ccccc21. The number of benzene rings is 2. The van der Waals surface area contributed by atoms with Crippen LogP contribution in [0.3, 0.4) is 0 Å². The van der Waals surface area contributed by atoms with E-state index in [2.05, 4.69) is 6.58 Å². The number of aromatic nitrogens is 2. The first-order valence-electron chi connectivity index (χ1n) is 8.31. The van der Waals surface area contributed by atoms with Crippen molar-refractivity contribution in [3.05, 3.63) is 72.4 Å². The maximum Gasteiger partial charge on any atom is 0.203 e. The van der Waals surface area contributed by atoms with Crippen molar-refractivity contribution in [3.8, 4) is 5.75 Å². The summed E-state index contributed by atoms with van der Waals surface area (Å²) in [7, 11) is 0. The van der Waals surface area contributed by atoms with Gasteiger partial charge in [-0.1, -0.05) is 30.3 Å². The third-order valence-corrected chi connectivity index (χ3v) is 4.11. The van der Waals surface area contributed by atoms with Crippen molar-refractivity contribution in [2.75, 3.05) is 6.61 Å². The summed E-state index contributed by atoms with van der Waals surface area (Å²) in [5, 5.41) is 18.8. The largest absolute Gasteiger partial charge is 0.491 e. The van der Waals surface area contributed by atoms with Gasteiger partial charge >= 0.3 is 0 Å². The average molecular weight is 337 g/mol. The zero-order valence-corrected chi connectivity index (χ0v) is 14.4. The average Bonchev–Trinajstić information content (AvgIpc) is 2.86. The van der Waals surface area contributed by atoms with Crippen molar-refractivity contribution in [1.29, 1.82) is 5.41 Å². The number of nitrogens with zero attached hydrogens (tertiary/aromatic N) is 2. The second kappa shape index (κ2) is 7.40. The third-order valence-electron chi connectivity index (χ3n) is 4.11. The summed E-state index contributed by atoms with van der Waals surface area (Å²) in [6, 6.07) is 15.6. The quantitative estimate of drug-likeness (QED) is 0.651. The Kier molecular flexibility index (Phi) is 5.05. The van der Waals surface area contributed by atoms with Gasteiger partial charge in [-0.3, -0.25) is 5.41 Å². The molecule has 0 unspecified atom stereocenters. The van der Waals surface area contributed by atoms with Crippen LogP contribution in [0.5, 0.6) is 5.75 Å². The molecule has 1 atom stereocenters. The first-order chi connectivity index (χ1) is 12.1. The summed E-state index contributed by atoms with van der Waals surface area (Å²) in [6.45, 7) is 6.80. The zero-order chi connectivity index (χ0) is 17.8. The van der Waals surface area contributed by atoms with Gasteiger partial charge in [0, 0.05) is 6.54 Å². The lowest BCUT2D eigenvalue weighted by molar-refractivity contribution is 0.0921. The molecule has 0 amide bonds. The Hall–Kier alpha value is -2.79. The lowest BCUT2D eigenvalue weighted by Gasteiger charge is -2.14. The minimum atomic E-state index is -0.711. The molecule has 3 rings (SSSR count). The number of hydrogen-bond donors (Lipinski definition) is 2. The summed E-state index contributed by atoms with van der Waals surface area (Å²) >= 11 is 0. The van der Waals surface area contributed by atoms with Crippen molar-refractivity contribution < 1.29 is 9.84 Å². The van der Waals surface area contributed by atoms with E-state index in [4.69, 9.17) is 10.1 Å². The predicted octanol–water partition coefficient (Wildman–Crippen LogP) is 2.86. The second-order valence-corrected chi connectivity index (χ2v) is 6.10. The van der Waals surface area contributed by atoms with Crippen molar-refractivity contribution in [3.63, 3.8) is 0 Å². The van der Waals surface area contributed by atoms with Crippen LogP contribution < -0.4 is 10.4 Å². The molecule has 0 fully saturated rings. The number of para-hydroxylation sites is 2. The van der Waals surface area contributed by atoms with Gasteiger partial charge in [-0.25, -0.2) is 0 Å². The Morgan fingerprint density at radius 1 is 1.16 bits per heavy atom. The van der Waals surface area contributed by atoms with Crippen molar-refractivity contribution >= 4 is 11.0 Å². The number of rotatable bonds is 7. The van der Waals surface area contributed by atoms with E-state index in [1.165, 1.54) is 0 Å². The fraction of sp³-hybridized carbons (Fsp3) is 0.250. The molecule has 0 radical (unpaired) electrons. The van der Waals surface area contributed by atoms with Crippen LogP contribution >= 0.6 is 0 Å². The molecule has 130 valence electrons. The van der Waals surface area contributed by atoms with Gasteiger partial charge < -0.3 is 19.0 Å². The van der Waals surface area contributed by atoms with E-state index < -0.39 is 6.10 Å². The van der Waals surface area contributed by atoms with E-state index in [0.717, 1.165) is 22.3 Å². The van der Waals surface area contributed by atoms with Crippen molar-refractivity contribution in [2.24, 2.45) is 0 Å². The molecule has 2 aromatic carbocycles.